The monoisotopic (exact) mass is 221 g/mol. The summed E-state index contributed by atoms with van der Waals surface area (Å²) in [6, 6.07) is 1.32. The van der Waals surface area contributed by atoms with Crippen LogP contribution in [-0.4, -0.2) is 11.3 Å². The van der Waals surface area contributed by atoms with E-state index in [9.17, 15) is 17.6 Å². The fourth-order valence-corrected chi connectivity index (χ4v) is 0.769. The normalized spacial score (nSPS) is 10.9. The van der Waals surface area contributed by atoms with Crippen LogP contribution in [0.1, 0.15) is 5.69 Å². The Hall–Kier alpha value is -2.04. The molecule has 0 bridgehead atoms. The molecule has 0 unspecified atom stereocenters. The van der Waals surface area contributed by atoms with E-state index < -0.39 is 29.3 Å². The highest BCUT2D eigenvalue weighted by Gasteiger charge is 2.33. The van der Waals surface area contributed by atoms with Crippen molar-refractivity contribution >= 4 is 5.69 Å². The first-order chi connectivity index (χ1) is 6.85. The van der Waals surface area contributed by atoms with Crippen LogP contribution >= 0.6 is 0 Å². The number of alkyl halides is 3. The topological polar surface area (TPSA) is 71.9 Å². The number of aromatic nitrogens is 1. The number of halogens is 4. The molecule has 0 amide bonds. The van der Waals surface area contributed by atoms with Crippen molar-refractivity contribution in [2.24, 2.45) is 0 Å². The number of anilines is 1. The van der Waals surface area contributed by atoms with E-state index in [0.29, 0.717) is 6.20 Å². The molecule has 0 aliphatic carbocycles. The van der Waals surface area contributed by atoms with Gasteiger partial charge in [-0.05, 0) is 0 Å². The molecule has 1 rings (SSSR count). The van der Waals surface area contributed by atoms with Gasteiger partial charge in [0.05, 0.1) is 6.20 Å². The molecule has 0 fully saturated rings. The Morgan fingerprint density at radius 1 is 1.47 bits per heavy atom. The van der Waals surface area contributed by atoms with Gasteiger partial charge in [-0.25, -0.2) is 9.37 Å². The van der Waals surface area contributed by atoms with Crippen LogP contribution in [0, 0.1) is 17.1 Å². The molecule has 0 spiro atoms. The third-order valence-corrected chi connectivity index (χ3v) is 1.35. The summed E-state index contributed by atoms with van der Waals surface area (Å²) in [6.07, 6.45) is -4.46. The lowest BCUT2D eigenvalue weighted by Gasteiger charge is -2.10. The lowest BCUT2D eigenvalue weighted by Crippen LogP contribution is -2.18. The molecule has 0 aliphatic heterocycles. The van der Waals surface area contributed by atoms with E-state index in [1.165, 1.54) is 6.07 Å². The van der Waals surface area contributed by atoms with Gasteiger partial charge in [-0.15, -0.1) is 13.2 Å². The molecule has 8 heteroatoms. The van der Waals surface area contributed by atoms with Crippen molar-refractivity contribution < 1.29 is 22.3 Å². The van der Waals surface area contributed by atoms with E-state index in [1.807, 2.05) is 0 Å². The molecule has 1 aromatic rings. The van der Waals surface area contributed by atoms with Crippen LogP contribution in [-0.2, 0) is 0 Å². The van der Waals surface area contributed by atoms with Gasteiger partial charge < -0.3 is 10.5 Å². The minimum absolute atomic E-state index is 0.532. The summed E-state index contributed by atoms with van der Waals surface area (Å²) in [5, 5.41) is 8.30. The van der Waals surface area contributed by atoms with Crippen LogP contribution < -0.4 is 10.5 Å². The Morgan fingerprint density at radius 2 is 2.07 bits per heavy atom. The van der Waals surface area contributed by atoms with Gasteiger partial charge in [-0.3, -0.25) is 0 Å². The zero-order chi connectivity index (χ0) is 11.6. The van der Waals surface area contributed by atoms with Gasteiger partial charge in [-0.2, -0.15) is 5.26 Å². The van der Waals surface area contributed by atoms with E-state index in [-0.39, 0.29) is 0 Å². The summed E-state index contributed by atoms with van der Waals surface area (Å²) in [5.41, 5.74) is 3.38. The van der Waals surface area contributed by atoms with Crippen LogP contribution in [0.2, 0.25) is 0 Å². The fourth-order valence-electron chi connectivity index (χ4n) is 0.769. The molecule has 1 aromatic heterocycles. The summed E-state index contributed by atoms with van der Waals surface area (Å²) >= 11 is 0. The quantitative estimate of drug-likeness (QED) is 0.730. The third-order valence-electron chi connectivity index (χ3n) is 1.35. The van der Waals surface area contributed by atoms with Crippen molar-refractivity contribution in [3.05, 3.63) is 17.7 Å². The summed E-state index contributed by atoms with van der Waals surface area (Å²) in [7, 11) is 0. The predicted molar refractivity (Wildman–Crippen MR) is 40.0 cm³/mol. The van der Waals surface area contributed by atoms with Gasteiger partial charge >= 0.3 is 6.36 Å². The number of nitrogens with zero attached hydrogens (tertiary/aromatic N) is 2. The molecule has 15 heavy (non-hydrogen) atoms. The number of pyridine rings is 1. The van der Waals surface area contributed by atoms with Gasteiger partial charge in [-0.1, -0.05) is 0 Å². The lowest BCUT2D eigenvalue weighted by molar-refractivity contribution is -0.274. The predicted octanol–water partition coefficient (Wildman–Crippen LogP) is 1.57. The Morgan fingerprint density at radius 3 is 2.53 bits per heavy atom. The zero-order valence-corrected chi connectivity index (χ0v) is 6.97. The summed E-state index contributed by atoms with van der Waals surface area (Å²) < 4.78 is 51.6. The maximum Gasteiger partial charge on any atom is 0.573 e. The first-order valence-corrected chi connectivity index (χ1v) is 3.45. The summed E-state index contributed by atoms with van der Waals surface area (Å²) in [5.74, 6) is -2.31. The average Bonchev–Trinajstić information content (AvgIpc) is 2.11. The number of nitriles is 1. The van der Waals surface area contributed by atoms with Gasteiger partial charge in [0, 0.05) is 0 Å². The first-order valence-electron chi connectivity index (χ1n) is 3.45. The van der Waals surface area contributed by atoms with Crippen molar-refractivity contribution in [3.63, 3.8) is 0 Å². The Balaban J connectivity index is 3.14. The third kappa shape index (κ3) is 2.46. The standard InChI is InChI=1S/C7H3F4N3O/c8-5-3(1-12)14-2-4(6(5)13)15-7(9,10)11/h2H,(H2,13,14). The molecular formula is C7H3F4N3O. The number of rotatable bonds is 1. The number of nitrogen functional groups attached to an aromatic ring is 1. The van der Waals surface area contributed by atoms with Crippen LogP contribution in [0.15, 0.2) is 6.20 Å². The number of hydrogen-bond donors (Lipinski definition) is 1. The Kier molecular flexibility index (Phi) is 2.65. The number of nitrogens with two attached hydrogens (primary N) is 1. The highest BCUT2D eigenvalue weighted by atomic mass is 19.4. The largest absolute Gasteiger partial charge is 0.573 e. The first kappa shape index (κ1) is 11.0. The molecule has 0 aliphatic rings. The maximum atomic E-state index is 13.0. The molecule has 0 aromatic carbocycles. The second kappa shape index (κ2) is 3.61. The Labute approximate surface area is 80.9 Å². The molecule has 1 heterocycles. The second-order valence-corrected chi connectivity index (χ2v) is 2.36. The summed E-state index contributed by atoms with van der Waals surface area (Å²) in [4.78, 5) is 3.10. The van der Waals surface area contributed by atoms with Crippen LogP contribution in [0.3, 0.4) is 0 Å². The van der Waals surface area contributed by atoms with Crippen molar-refractivity contribution in [2.45, 2.75) is 6.36 Å². The SMILES string of the molecule is N#Cc1ncc(OC(F)(F)F)c(N)c1F. The number of ether oxygens (including phenoxy) is 1. The molecule has 0 saturated heterocycles. The minimum Gasteiger partial charge on any atom is -0.402 e. The van der Waals surface area contributed by atoms with Crippen molar-refractivity contribution in [3.8, 4) is 11.8 Å². The van der Waals surface area contributed by atoms with Crippen LogP contribution in [0.4, 0.5) is 23.2 Å². The summed E-state index contributed by atoms with van der Waals surface area (Å²) in [6.45, 7) is 0. The van der Waals surface area contributed by atoms with Gasteiger partial charge in [0.1, 0.15) is 11.8 Å². The van der Waals surface area contributed by atoms with Gasteiger partial charge in [0.25, 0.3) is 0 Å². The van der Waals surface area contributed by atoms with Crippen molar-refractivity contribution in [2.75, 3.05) is 5.73 Å². The Bertz CT molecular complexity index is 423. The van der Waals surface area contributed by atoms with Crippen molar-refractivity contribution in [1.29, 1.82) is 5.26 Å². The highest BCUT2D eigenvalue weighted by Crippen LogP contribution is 2.29. The minimum atomic E-state index is -4.99. The van der Waals surface area contributed by atoms with Crippen molar-refractivity contribution in [1.82, 2.24) is 4.98 Å². The molecule has 4 nitrogen and oxygen atoms in total. The van der Waals surface area contributed by atoms with E-state index in [0.717, 1.165) is 0 Å². The molecule has 0 radical (unpaired) electrons. The molecule has 2 N–H and O–H groups in total. The molecule has 0 saturated carbocycles. The molecule has 80 valence electrons. The highest BCUT2D eigenvalue weighted by molar-refractivity contribution is 5.55. The van der Waals surface area contributed by atoms with E-state index in [4.69, 9.17) is 11.0 Å². The number of hydrogen-bond acceptors (Lipinski definition) is 4. The second-order valence-electron chi connectivity index (χ2n) is 2.36. The van der Waals surface area contributed by atoms with E-state index in [1.54, 1.807) is 0 Å². The fraction of sp³-hybridized carbons (Fsp3) is 0.143. The maximum absolute atomic E-state index is 13.0. The zero-order valence-electron chi connectivity index (χ0n) is 6.97. The molecular weight excluding hydrogens is 218 g/mol. The smallest absolute Gasteiger partial charge is 0.402 e. The van der Waals surface area contributed by atoms with Gasteiger partial charge in [0.15, 0.2) is 17.3 Å². The lowest BCUT2D eigenvalue weighted by atomic mass is 10.3. The molecule has 0 atom stereocenters. The van der Waals surface area contributed by atoms with Crippen LogP contribution in [0.25, 0.3) is 0 Å². The van der Waals surface area contributed by atoms with E-state index in [2.05, 4.69) is 9.72 Å². The van der Waals surface area contributed by atoms with E-state index >= 15 is 0 Å². The average molecular weight is 221 g/mol. The van der Waals surface area contributed by atoms with Gasteiger partial charge in [0.2, 0.25) is 0 Å². The van der Waals surface area contributed by atoms with Crippen LogP contribution in [0.5, 0.6) is 5.75 Å².